The highest BCUT2D eigenvalue weighted by molar-refractivity contribution is 4.66. The summed E-state index contributed by atoms with van der Waals surface area (Å²) in [5.41, 5.74) is 2.74. The molecule has 0 heterocycles. The van der Waals surface area contributed by atoms with Crippen molar-refractivity contribution >= 4 is 0 Å². The Morgan fingerprint density at radius 3 is 2.36 bits per heavy atom. The molecule has 14 heavy (non-hydrogen) atoms. The smallest absolute Gasteiger partial charge is 0.0640 e. The summed E-state index contributed by atoms with van der Waals surface area (Å²) in [6, 6.07) is 0.292. The number of ether oxygens (including phenoxy) is 1. The first-order chi connectivity index (χ1) is 6.49. The van der Waals surface area contributed by atoms with Crippen LogP contribution in [0, 0.1) is 0 Å². The van der Waals surface area contributed by atoms with E-state index in [1.54, 1.807) is 0 Å². The van der Waals surface area contributed by atoms with Gasteiger partial charge in [0.25, 0.3) is 0 Å². The van der Waals surface area contributed by atoms with Gasteiger partial charge in [-0.05, 0) is 27.2 Å². The van der Waals surface area contributed by atoms with Gasteiger partial charge < -0.3 is 4.74 Å². The van der Waals surface area contributed by atoms with Gasteiger partial charge in [-0.2, -0.15) is 0 Å². The maximum Gasteiger partial charge on any atom is 0.0640 e. The summed E-state index contributed by atoms with van der Waals surface area (Å²) in [6.07, 6.45) is 4.84. The van der Waals surface area contributed by atoms with Crippen LogP contribution in [0.4, 0.5) is 0 Å². The van der Waals surface area contributed by atoms with Crippen LogP contribution in [0.15, 0.2) is 0 Å². The summed E-state index contributed by atoms with van der Waals surface area (Å²) >= 11 is 0. The molecule has 0 fully saturated rings. The van der Waals surface area contributed by atoms with Gasteiger partial charge in [-0.3, -0.25) is 11.3 Å². The molecule has 1 unspecified atom stereocenters. The number of unbranched alkanes of at least 4 members (excludes halogenated alkanes) is 2. The molecule has 0 saturated heterocycles. The molecule has 86 valence electrons. The second kappa shape index (κ2) is 7.21. The van der Waals surface area contributed by atoms with E-state index in [0.717, 1.165) is 6.42 Å². The monoisotopic (exact) mass is 202 g/mol. The van der Waals surface area contributed by atoms with Crippen LogP contribution in [0.2, 0.25) is 0 Å². The summed E-state index contributed by atoms with van der Waals surface area (Å²) in [5.74, 6) is 5.45. The number of hydrazine groups is 1. The third kappa shape index (κ3) is 8.48. The van der Waals surface area contributed by atoms with Gasteiger partial charge in [-0.25, -0.2) is 0 Å². The Morgan fingerprint density at radius 1 is 1.29 bits per heavy atom. The average Bonchev–Trinajstić information content (AvgIpc) is 2.09. The molecular formula is C11H26N2O. The molecule has 0 amide bonds. The lowest BCUT2D eigenvalue weighted by atomic mass is 10.1. The van der Waals surface area contributed by atoms with Crippen molar-refractivity contribution in [2.75, 3.05) is 6.61 Å². The highest BCUT2D eigenvalue weighted by atomic mass is 16.5. The molecule has 1 atom stereocenters. The zero-order valence-electron chi connectivity index (χ0n) is 10.1. The van der Waals surface area contributed by atoms with Gasteiger partial charge >= 0.3 is 0 Å². The fraction of sp³-hybridized carbons (Fsp3) is 1.00. The van der Waals surface area contributed by atoms with E-state index in [1.165, 1.54) is 19.3 Å². The van der Waals surface area contributed by atoms with E-state index >= 15 is 0 Å². The number of hydrogen-bond donors (Lipinski definition) is 2. The van der Waals surface area contributed by atoms with Crippen LogP contribution < -0.4 is 11.3 Å². The zero-order valence-corrected chi connectivity index (χ0v) is 10.1. The lowest BCUT2D eigenvalue weighted by Gasteiger charge is -2.24. The van der Waals surface area contributed by atoms with Gasteiger partial charge in [0.05, 0.1) is 12.2 Å². The van der Waals surface area contributed by atoms with E-state index < -0.39 is 0 Å². The Kier molecular flexibility index (Phi) is 7.15. The Labute approximate surface area is 88.4 Å². The molecule has 0 rings (SSSR count). The molecule has 0 aromatic carbocycles. The second-order valence-corrected chi connectivity index (χ2v) is 4.78. The van der Waals surface area contributed by atoms with Gasteiger partial charge in [0, 0.05) is 6.04 Å². The maximum absolute atomic E-state index is 5.67. The third-order valence-corrected chi connectivity index (χ3v) is 2.11. The molecule has 3 N–H and O–H groups in total. The molecule has 0 aliphatic rings. The van der Waals surface area contributed by atoms with Gasteiger partial charge in [-0.1, -0.05) is 26.2 Å². The fourth-order valence-corrected chi connectivity index (χ4v) is 1.21. The SMILES string of the molecule is CCCCCC(COC(C)(C)C)NN. The van der Waals surface area contributed by atoms with Crippen molar-refractivity contribution in [2.45, 2.75) is 65.0 Å². The first-order valence-corrected chi connectivity index (χ1v) is 5.59. The fourth-order valence-electron chi connectivity index (χ4n) is 1.21. The van der Waals surface area contributed by atoms with E-state index in [-0.39, 0.29) is 5.60 Å². The number of rotatable bonds is 7. The Morgan fingerprint density at radius 2 is 1.93 bits per heavy atom. The van der Waals surface area contributed by atoms with Crippen molar-refractivity contribution in [3.8, 4) is 0 Å². The lowest BCUT2D eigenvalue weighted by molar-refractivity contribution is -0.0156. The van der Waals surface area contributed by atoms with Gasteiger partial charge in [0.15, 0.2) is 0 Å². The van der Waals surface area contributed by atoms with Gasteiger partial charge in [0.1, 0.15) is 0 Å². The second-order valence-electron chi connectivity index (χ2n) is 4.78. The van der Waals surface area contributed by atoms with Gasteiger partial charge in [0.2, 0.25) is 0 Å². The Balaban J connectivity index is 3.58. The molecule has 0 radical (unpaired) electrons. The normalized spacial score (nSPS) is 14.4. The van der Waals surface area contributed by atoms with Crippen molar-refractivity contribution in [3.05, 3.63) is 0 Å². The van der Waals surface area contributed by atoms with Crippen molar-refractivity contribution in [3.63, 3.8) is 0 Å². The van der Waals surface area contributed by atoms with E-state index in [2.05, 4.69) is 33.1 Å². The van der Waals surface area contributed by atoms with Crippen molar-refractivity contribution in [1.29, 1.82) is 0 Å². The lowest BCUT2D eigenvalue weighted by Crippen LogP contribution is -2.40. The standard InChI is InChI=1S/C11H26N2O/c1-5-6-7-8-10(13-12)9-14-11(2,3)4/h10,13H,5-9,12H2,1-4H3. The van der Waals surface area contributed by atoms with Crippen LogP contribution in [0.1, 0.15) is 53.4 Å². The first-order valence-electron chi connectivity index (χ1n) is 5.59. The topological polar surface area (TPSA) is 47.3 Å². The number of hydrogen-bond acceptors (Lipinski definition) is 3. The largest absolute Gasteiger partial charge is 0.374 e. The molecular weight excluding hydrogens is 176 g/mol. The number of nitrogens with one attached hydrogen (secondary N) is 1. The van der Waals surface area contributed by atoms with Crippen molar-refractivity contribution < 1.29 is 4.74 Å². The highest BCUT2D eigenvalue weighted by Crippen LogP contribution is 2.09. The van der Waals surface area contributed by atoms with Crippen LogP contribution in [0.3, 0.4) is 0 Å². The van der Waals surface area contributed by atoms with Crippen molar-refractivity contribution in [1.82, 2.24) is 5.43 Å². The number of nitrogens with two attached hydrogens (primary N) is 1. The van der Waals surface area contributed by atoms with E-state index in [1.807, 2.05) is 0 Å². The molecule has 0 aromatic heterocycles. The third-order valence-electron chi connectivity index (χ3n) is 2.11. The van der Waals surface area contributed by atoms with Gasteiger partial charge in [-0.15, -0.1) is 0 Å². The van der Waals surface area contributed by atoms with Crippen molar-refractivity contribution in [2.24, 2.45) is 5.84 Å². The van der Waals surface area contributed by atoms with Crippen LogP contribution >= 0.6 is 0 Å². The molecule has 0 aliphatic heterocycles. The summed E-state index contributed by atoms with van der Waals surface area (Å²) in [6.45, 7) is 9.09. The molecule has 0 saturated carbocycles. The van der Waals surface area contributed by atoms with Crippen LogP contribution in [-0.4, -0.2) is 18.2 Å². The van der Waals surface area contributed by atoms with E-state index in [0.29, 0.717) is 12.6 Å². The minimum atomic E-state index is -0.0696. The zero-order chi connectivity index (χ0) is 11.0. The van der Waals surface area contributed by atoms with E-state index in [9.17, 15) is 0 Å². The summed E-state index contributed by atoms with van der Waals surface area (Å²) < 4.78 is 5.67. The predicted molar refractivity (Wildman–Crippen MR) is 61.0 cm³/mol. The minimum Gasteiger partial charge on any atom is -0.374 e. The molecule has 0 aromatic rings. The van der Waals surface area contributed by atoms with Crippen LogP contribution in [0.25, 0.3) is 0 Å². The maximum atomic E-state index is 5.67. The quantitative estimate of drug-likeness (QED) is 0.378. The highest BCUT2D eigenvalue weighted by Gasteiger charge is 2.13. The van der Waals surface area contributed by atoms with E-state index in [4.69, 9.17) is 10.6 Å². The summed E-state index contributed by atoms with van der Waals surface area (Å²) in [4.78, 5) is 0. The summed E-state index contributed by atoms with van der Waals surface area (Å²) in [5, 5.41) is 0. The Hall–Kier alpha value is -0.120. The molecule has 3 heteroatoms. The molecule has 0 spiro atoms. The van der Waals surface area contributed by atoms with Crippen LogP contribution in [-0.2, 0) is 4.74 Å². The predicted octanol–water partition coefficient (Wildman–Crippen LogP) is 2.21. The van der Waals surface area contributed by atoms with Crippen LogP contribution in [0.5, 0.6) is 0 Å². The summed E-state index contributed by atoms with van der Waals surface area (Å²) in [7, 11) is 0. The molecule has 0 bridgehead atoms. The Bertz CT molecular complexity index is 132. The first kappa shape index (κ1) is 13.9. The molecule has 0 aliphatic carbocycles. The molecule has 3 nitrogen and oxygen atoms in total. The minimum absolute atomic E-state index is 0.0696. The average molecular weight is 202 g/mol.